The summed E-state index contributed by atoms with van der Waals surface area (Å²) in [5, 5.41) is 19.5. The molecule has 0 amide bonds. The van der Waals surface area contributed by atoms with E-state index in [0.29, 0.717) is 12.0 Å². The molecule has 3 heteroatoms. The van der Waals surface area contributed by atoms with Crippen molar-refractivity contribution < 1.29 is 10.2 Å². The monoisotopic (exact) mass is 239 g/mol. The molecule has 2 aliphatic rings. The Hall–Kier alpha value is -0.380. The van der Waals surface area contributed by atoms with Crippen molar-refractivity contribution in [2.75, 3.05) is 19.7 Å². The molecule has 2 heterocycles. The first-order valence-corrected chi connectivity index (χ1v) is 6.80. The van der Waals surface area contributed by atoms with E-state index in [2.05, 4.69) is 17.9 Å². The largest absolute Gasteiger partial charge is 0.396 e. The molecule has 2 rings (SSSR count). The quantitative estimate of drug-likeness (QED) is 0.734. The minimum absolute atomic E-state index is 0.244. The topological polar surface area (TPSA) is 43.7 Å². The molecule has 0 radical (unpaired) electrons. The van der Waals surface area contributed by atoms with Crippen molar-refractivity contribution in [3.63, 3.8) is 0 Å². The Morgan fingerprint density at radius 1 is 1.59 bits per heavy atom. The molecule has 0 aromatic rings. The molecule has 2 N–H and O–H groups in total. The fourth-order valence-corrected chi connectivity index (χ4v) is 3.41. The highest BCUT2D eigenvalue weighted by molar-refractivity contribution is 5.17. The van der Waals surface area contributed by atoms with Gasteiger partial charge in [-0.3, -0.25) is 4.90 Å². The van der Waals surface area contributed by atoms with Crippen molar-refractivity contribution in [1.82, 2.24) is 4.90 Å². The first-order valence-electron chi connectivity index (χ1n) is 6.80. The minimum atomic E-state index is -0.570. The maximum atomic E-state index is 10.5. The van der Waals surface area contributed by atoms with E-state index in [1.165, 1.54) is 12.0 Å². The molecule has 17 heavy (non-hydrogen) atoms. The van der Waals surface area contributed by atoms with Crippen LogP contribution in [-0.2, 0) is 0 Å². The molecule has 0 saturated carbocycles. The van der Waals surface area contributed by atoms with Crippen molar-refractivity contribution in [3.05, 3.63) is 11.6 Å². The molecular formula is C14H25NO2. The van der Waals surface area contributed by atoms with Crippen LogP contribution in [0.25, 0.3) is 0 Å². The average molecular weight is 239 g/mol. The molecule has 0 aliphatic carbocycles. The first kappa shape index (κ1) is 13.1. The van der Waals surface area contributed by atoms with Crippen LogP contribution in [0.15, 0.2) is 11.6 Å². The van der Waals surface area contributed by atoms with Gasteiger partial charge in [-0.2, -0.15) is 0 Å². The van der Waals surface area contributed by atoms with E-state index >= 15 is 0 Å². The summed E-state index contributed by atoms with van der Waals surface area (Å²) in [4.78, 5) is 2.42. The SMILES string of the molecule is C[C@@H](/C=C1\CN2CCC[C@H]2[C@@](C)(O)C1)CCO. The molecule has 98 valence electrons. The summed E-state index contributed by atoms with van der Waals surface area (Å²) in [6.45, 7) is 6.48. The molecule has 2 fully saturated rings. The average Bonchev–Trinajstić information content (AvgIpc) is 2.65. The van der Waals surface area contributed by atoms with Crippen LogP contribution in [0, 0.1) is 5.92 Å². The van der Waals surface area contributed by atoms with Crippen LogP contribution in [0.3, 0.4) is 0 Å². The second-order valence-electron chi connectivity index (χ2n) is 5.98. The summed E-state index contributed by atoms with van der Waals surface area (Å²) in [5.74, 6) is 0.407. The molecule has 3 atom stereocenters. The summed E-state index contributed by atoms with van der Waals surface area (Å²) in [7, 11) is 0. The second kappa shape index (κ2) is 5.09. The standard InChI is InChI=1S/C14H25NO2/c1-11(5-7-16)8-12-9-14(2,17)13-4-3-6-15(13)10-12/h8,11,13,16-17H,3-7,9-10H2,1-2H3/b12-8-/t11-,13+,14+/m1/s1. The zero-order valence-corrected chi connectivity index (χ0v) is 11.0. The summed E-state index contributed by atoms with van der Waals surface area (Å²) < 4.78 is 0. The van der Waals surface area contributed by atoms with Gasteiger partial charge < -0.3 is 10.2 Å². The van der Waals surface area contributed by atoms with Crippen LogP contribution in [0.5, 0.6) is 0 Å². The lowest BCUT2D eigenvalue weighted by molar-refractivity contribution is -0.0330. The molecule has 0 unspecified atom stereocenters. The van der Waals surface area contributed by atoms with Gasteiger partial charge in [0.05, 0.1) is 5.60 Å². The smallest absolute Gasteiger partial charge is 0.0811 e. The van der Waals surface area contributed by atoms with Crippen LogP contribution in [0.1, 0.15) is 39.5 Å². The van der Waals surface area contributed by atoms with Crippen molar-refractivity contribution in [2.24, 2.45) is 5.92 Å². The van der Waals surface area contributed by atoms with E-state index in [1.807, 2.05) is 6.92 Å². The van der Waals surface area contributed by atoms with E-state index in [9.17, 15) is 5.11 Å². The Bertz CT molecular complexity index is 299. The lowest BCUT2D eigenvalue weighted by atomic mass is 9.82. The van der Waals surface area contributed by atoms with Crippen LogP contribution in [0.2, 0.25) is 0 Å². The van der Waals surface area contributed by atoms with Gasteiger partial charge in [-0.15, -0.1) is 0 Å². The zero-order chi connectivity index (χ0) is 12.5. The van der Waals surface area contributed by atoms with E-state index < -0.39 is 5.60 Å². The zero-order valence-electron chi connectivity index (χ0n) is 11.0. The number of aliphatic hydroxyl groups is 2. The summed E-state index contributed by atoms with van der Waals surface area (Å²) in [5.41, 5.74) is 0.772. The van der Waals surface area contributed by atoms with Gasteiger partial charge in [-0.05, 0) is 45.1 Å². The summed E-state index contributed by atoms with van der Waals surface area (Å²) in [6, 6.07) is 0.354. The Kier molecular flexibility index (Phi) is 3.91. The Labute approximate surface area is 104 Å². The van der Waals surface area contributed by atoms with Crippen LogP contribution in [-0.4, -0.2) is 46.5 Å². The van der Waals surface area contributed by atoms with Crippen LogP contribution in [0.4, 0.5) is 0 Å². The predicted molar refractivity (Wildman–Crippen MR) is 68.8 cm³/mol. The number of fused-ring (bicyclic) bond motifs is 1. The van der Waals surface area contributed by atoms with Gasteiger partial charge in [0, 0.05) is 19.2 Å². The van der Waals surface area contributed by atoms with Crippen LogP contribution < -0.4 is 0 Å². The highest BCUT2D eigenvalue weighted by Crippen LogP contribution is 2.37. The van der Waals surface area contributed by atoms with Crippen molar-refractivity contribution in [3.8, 4) is 0 Å². The lowest BCUT2D eigenvalue weighted by Crippen LogP contribution is -2.52. The van der Waals surface area contributed by atoms with Gasteiger partial charge >= 0.3 is 0 Å². The van der Waals surface area contributed by atoms with E-state index in [4.69, 9.17) is 5.11 Å². The minimum Gasteiger partial charge on any atom is -0.396 e. The Morgan fingerprint density at radius 2 is 2.35 bits per heavy atom. The molecule has 0 aromatic carbocycles. The summed E-state index contributed by atoms with van der Waals surface area (Å²) >= 11 is 0. The van der Waals surface area contributed by atoms with Gasteiger partial charge in [0.2, 0.25) is 0 Å². The maximum absolute atomic E-state index is 10.5. The number of allylic oxidation sites excluding steroid dienone is 1. The molecule has 2 aliphatic heterocycles. The van der Waals surface area contributed by atoms with E-state index in [1.54, 1.807) is 0 Å². The fourth-order valence-electron chi connectivity index (χ4n) is 3.41. The van der Waals surface area contributed by atoms with E-state index in [-0.39, 0.29) is 6.61 Å². The lowest BCUT2D eigenvalue weighted by Gasteiger charge is -2.43. The maximum Gasteiger partial charge on any atom is 0.0811 e. The van der Waals surface area contributed by atoms with Gasteiger partial charge in [0.15, 0.2) is 0 Å². The Balaban J connectivity index is 2.06. The van der Waals surface area contributed by atoms with Crippen molar-refractivity contribution in [1.29, 1.82) is 0 Å². The number of rotatable bonds is 3. The van der Waals surface area contributed by atoms with Crippen molar-refractivity contribution >= 4 is 0 Å². The third-order valence-corrected chi connectivity index (χ3v) is 4.18. The third-order valence-electron chi connectivity index (χ3n) is 4.18. The van der Waals surface area contributed by atoms with Gasteiger partial charge in [0.1, 0.15) is 0 Å². The third kappa shape index (κ3) is 2.90. The molecule has 2 saturated heterocycles. The highest BCUT2D eigenvalue weighted by atomic mass is 16.3. The van der Waals surface area contributed by atoms with Crippen LogP contribution >= 0.6 is 0 Å². The fraction of sp³-hybridized carbons (Fsp3) is 0.857. The second-order valence-corrected chi connectivity index (χ2v) is 5.98. The van der Waals surface area contributed by atoms with Gasteiger partial charge in [-0.1, -0.05) is 18.6 Å². The summed E-state index contributed by atoms with van der Waals surface area (Å²) in [6.07, 6.45) is 6.20. The number of hydrogen-bond acceptors (Lipinski definition) is 3. The molecule has 0 aromatic heterocycles. The highest BCUT2D eigenvalue weighted by Gasteiger charge is 2.43. The predicted octanol–water partition coefficient (Wildman–Crippen LogP) is 1.55. The molecule has 0 bridgehead atoms. The molecule has 3 nitrogen and oxygen atoms in total. The van der Waals surface area contributed by atoms with E-state index in [0.717, 1.165) is 32.4 Å². The number of nitrogens with zero attached hydrogens (tertiary/aromatic N) is 1. The number of piperidine rings is 1. The normalized spacial score (nSPS) is 38.4. The Morgan fingerprint density at radius 3 is 3.06 bits per heavy atom. The van der Waals surface area contributed by atoms with Gasteiger partial charge in [0.25, 0.3) is 0 Å². The van der Waals surface area contributed by atoms with Crippen molar-refractivity contribution in [2.45, 2.75) is 51.2 Å². The number of hydrogen-bond donors (Lipinski definition) is 2. The van der Waals surface area contributed by atoms with Gasteiger partial charge in [-0.25, -0.2) is 0 Å². The number of aliphatic hydroxyl groups excluding tert-OH is 1. The first-order chi connectivity index (χ1) is 8.03. The molecular weight excluding hydrogens is 214 g/mol. The molecule has 0 spiro atoms.